The van der Waals surface area contributed by atoms with Crippen molar-refractivity contribution in [2.24, 2.45) is 5.92 Å². The van der Waals surface area contributed by atoms with Crippen LogP contribution in [0.5, 0.6) is 0 Å². The molecule has 4 aromatic rings. The van der Waals surface area contributed by atoms with Crippen molar-refractivity contribution in [3.05, 3.63) is 80.9 Å². The number of hydrogen-bond donors (Lipinski definition) is 1. The Kier molecular flexibility index (Phi) is 10.2. The molecule has 1 N–H and O–H groups in total. The molecule has 0 radical (unpaired) electrons. The molecular formula is C32H36F6N6O3Si. The van der Waals surface area contributed by atoms with Crippen molar-refractivity contribution in [1.29, 1.82) is 0 Å². The molecular weight excluding hydrogens is 658 g/mol. The zero-order valence-corrected chi connectivity index (χ0v) is 27.7. The van der Waals surface area contributed by atoms with Gasteiger partial charge in [0.1, 0.15) is 12.3 Å². The summed E-state index contributed by atoms with van der Waals surface area (Å²) in [4.78, 5) is 33.8. The minimum atomic E-state index is -4.91. The van der Waals surface area contributed by atoms with Crippen LogP contribution in [-0.2, 0) is 30.4 Å². The van der Waals surface area contributed by atoms with Crippen LogP contribution < -0.4 is 16.4 Å². The first-order valence-corrected chi connectivity index (χ1v) is 19.2. The van der Waals surface area contributed by atoms with Gasteiger partial charge >= 0.3 is 12.4 Å². The van der Waals surface area contributed by atoms with Gasteiger partial charge in [-0.1, -0.05) is 32.1 Å². The molecule has 0 saturated heterocycles. The number of rotatable bonds is 10. The Labute approximate surface area is 273 Å². The zero-order valence-electron chi connectivity index (χ0n) is 26.7. The standard InChI is InChI=1S/C32H36F6N6O3Si/c1-48(2,3)12-11-47-19-44-30(46)27(32(36,37)38)26(17-41-44)42-24-6-4-5-20(13-24)18-43-10-9-21-14-22(7-8-25(21)29(43)45)28-39-15-23(16-40-28)31(33,34)35/h7-10,14-17,20,24,42H,4-6,11-13,18-19H2,1-3H3/t20-,24+/m1/s1. The Morgan fingerprint density at radius 3 is 2.35 bits per heavy atom. The van der Waals surface area contributed by atoms with Crippen LogP contribution in [0.4, 0.5) is 32.0 Å². The van der Waals surface area contributed by atoms with Crippen molar-refractivity contribution in [2.45, 2.75) is 83.0 Å². The molecule has 3 heterocycles. The van der Waals surface area contributed by atoms with E-state index in [4.69, 9.17) is 4.74 Å². The molecule has 2 atom stereocenters. The van der Waals surface area contributed by atoms with Crippen LogP contribution in [0.2, 0.25) is 25.7 Å². The summed E-state index contributed by atoms with van der Waals surface area (Å²) in [7, 11) is -1.42. The van der Waals surface area contributed by atoms with E-state index in [1.54, 1.807) is 35.0 Å². The number of halogens is 6. The number of nitrogens with one attached hydrogen (secondary N) is 1. The van der Waals surface area contributed by atoms with Gasteiger partial charge in [0.15, 0.2) is 5.82 Å². The summed E-state index contributed by atoms with van der Waals surface area (Å²) in [6, 6.07) is 6.90. The lowest BCUT2D eigenvalue weighted by Crippen LogP contribution is -2.36. The van der Waals surface area contributed by atoms with Crippen LogP contribution in [0.1, 0.15) is 36.8 Å². The summed E-state index contributed by atoms with van der Waals surface area (Å²) in [6.07, 6.45) is -2.90. The molecule has 258 valence electrons. The van der Waals surface area contributed by atoms with Crippen molar-refractivity contribution in [1.82, 2.24) is 24.3 Å². The maximum Gasteiger partial charge on any atom is 0.423 e. The number of aromatic nitrogens is 5. The summed E-state index contributed by atoms with van der Waals surface area (Å²) < 4.78 is 88.6. The predicted molar refractivity (Wildman–Crippen MR) is 171 cm³/mol. The van der Waals surface area contributed by atoms with Gasteiger partial charge in [0.05, 0.1) is 17.4 Å². The first kappa shape index (κ1) is 35.3. The fraction of sp³-hybridized carbons (Fsp3) is 0.469. The number of ether oxygens (including phenoxy) is 1. The van der Waals surface area contributed by atoms with E-state index >= 15 is 0 Å². The molecule has 16 heteroatoms. The third-order valence-corrected chi connectivity index (χ3v) is 10.1. The lowest BCUT2D eigenvalue weighted by atomic mass is 9.85. The van der Waals surface area contributed by atoms with Crippen molar-refractivity contribution < 1.29 is 31.1 Å². The van der Waals surface area contributed by atoms with Gasteiger partial charge in [-0.3, -0.25) is 9.59 Å². The third-order valence-electron chi connectivity index (χ3n) is 8.35. The van der Waals surface area contributed by atoms with Gasteiger partial charge in [0.25, 0.3) is 11.1 Å². The van der Waals surface area contributed by atoms with Gasteiger partial charge in [-0.05, 0) is 54.8 Å². The second-order valence-corrected chi connectivity index (χ2v) is 18.9. The van der Waals surface area contributed by atoms with E-state index in [1.165, 1.54) is 0 Å². The molecule has 0 amide bonds. The van der Waals surface area contributed by atoms with E-state index in [0.717, 1.165) is 18.7 Å². The summed E-state index contributed by atoms with van der Waals surface area (Å²) in [5.41, 5.74) is -3.77. The van der Waals surface area contributed by atoms with E-state index in [-0.39, 0.29) is 35.8 Å². The predicted octanol–water partition coefficient (Wildman–Crippen LogP) is 7.04. The number of anilines is 1. The largest absolute Gasteiger partial charge is 0.423 e. The van der Waals surface area contributed by atoms with Crippen LogP contribution in [0.3, 0.4) is 0 Å². The molecule has 9 nitrogen and oxygen atoms in total. The Bertz CT molecular complexity index is 1870. The highest BCUT2D eigenvalue weighted by Crippen LogP contribution is 2.35. The first-order valence-electron chi connectivity index (χ1n) is 15.5. The minimum absolute atomic E-state index is 0.0337. The second kappa shape index (κ2) is 13.8. The van der Waals surface area contributed by atoms with Crippen molar-refractivity contribution in [2.75, 3.05) is 11.9 Å². The number of benzene rings is 1. The smallest absolute Gasteiger partial charge is 0.380 e. The molecule has 0 bridgehead atoms. The quantitative estimate of drug-likeness (QED) is 0.108. The molecule has 5 rings (SSSR count). The molecule has 1 aliphatic carbocycles. The molecule has 1 aliphatic rings. The summed E-state index contributed by atoms with van der Waals surface area (Å²) in [5, 5.41) is 7.81. The average Bonchev–Trinajstić information content (AvgIpc) is 3.00. The summed E-state index contributed by atoms with van der Waals surface area (Å²) in [5.74, 6) is 0.0514. The third kappa shape index (κ3) is 8.50. The SMILES string of the molecule is C[Si](C)(C)CCOCn1ncc(N[C@H]2CCC[C@@H](Cn3ccc4cc(-c5ncc(C(F)(F)F)cn5)ccc4c3=O)C2)c(C(F)(F)F)c1=O. The van der Waals surface area contributed by atoms with Crippen molar-refractivity contribution in [3.8, 4) is 11.4 Å². The molecule has 3 aromatic heterocycles. The molecule has 1 saturated carbocycles. The van der Waals surface area contributed by atoms with Crippen LogP contribution >= 0.6 is 0 Å². The van der Waals surface area contributed by atoms with E-state index in [1.807, 2.05) is 0 Å². The Balaban J connectivity index is 1.28. The maximum atomic E-state index is 14.1. The molecule has 1 fully saturated rings. The molecule has 0 aliphatic heterocycles. The Morgan fingerprint density at radius 1 is 0.958 bits per heavy atom. The fourth-order valence-electron chi connectivity index (χ4n) is 5.77. The average molecular weight is 695 g/mol. The highest BCUT2D eigenvalue weighted by atomic mass is 28.3. The van der Waals surface area contributed by atoms with Gasteiger partial charge in [-0.2, -0.15) is 31.4 Å². The van der Waals surface area contributed by atoms with Gasteiger partial charge < -0.3 is 14.6 Å². The highest BCUT2D eigenvalue weighted by Gasteiger charge is 2.39. The zero-order chi connectivity index (χ0) is 34.9. The van der Waals surface area contributed by atoms with Crippen molar-refractivity contribution in [3.63, 3.8) is 0 Å². The number of fused-ring (bicyclic) bond motifs is 1. The Hall–Kier alpha value is -4.05. The van der Waals surface area contributed by atoms with Crippen LogP contribution in [0.15, 0.2) is 58.6 Å². The first-order chi connectivity index (χ1) is 22.5. The van der Waals surface area contributed by atoms with Crippen LogP contribution in [0.25, 0.3) is 22.2 Å². The number of pyridine rings is 1. The lowest BCUT2D eigenvalue weighted by Gasteiger charge is -2.31. The number of hydrogen-bond acceptors (Lipinski definition) is 7. The lowest BCUT2D eigenvalue weighted by molar-refractivity contribution is -0.139. The molecule has 1 aromatic carbocycles. The highest BCUT2D eigenvalue weighted by molar-refractivity contribution is 6.76. The van der Waals surface area contributed by atoms with E-state index in [9.17, 15) is 35.9 Å². The maximum absolute atomic E-state index is 14.1. The van der Waals surface area contributed by atoms with E-state index in [0.29, 0.717) is 65.8 Å². The summed E-state index contributed by atoms with van der Waals surface area (Å²) in [6.45, 7) is 6.71. The van der Waals surface area contributed by atoms with E-state index < -0.39 is 37.1 Å². The monoisotopic (exact) mass is 694 g/mol. The van der Waals surface area contributed by atoms with Gasteiger partial charge in [-0.25, -0.2) is 14.6 Å². The van der Waals surface area contributed by atoms with Crippen LogP contribution in [0, 0.1) is 5.92 Å². The number of nitrogens with zero attached hydrogens (tertiary/aromatic N) is 5. The Morgan fingerprint density at radius 2 is 1.69 bits per heavy atom. The topological polar surface area (TPSA) is 104 Å². The van der Waals surface area contributed by atoms with Gasteiger partial charge in [0.2, 0.25) is 0 Å². The molecule has 0 spiro atoms. The molecule has 48 heavy (non-hydrogen) atoms. The fourth-order valence-corrected chi connectivity index (χ4v) is 6.53. The number of alkyl halides is 6. The second-order valence-electron chi connectivity index (χ2n) is 13.3. The van der Waals surface area contributed by atoms with E-state index in [2.05, 4.69) is 40.0 Å². The van der Waals surface area contributed by atoms with Crippen molar-refractivity contribution >= 4 is 24.5 Å². The normalized spacial score (nSPS) is 17.5. The summed E-state index contributed by atoms with van der Waals surface area (Å²) >= 11 is 0. The van der Waals surface area contributed by atoms with Gasteiger partial charge in [0, 0.05) is 56.8 Å². The minimum Gasteiger partial charge on any atom is -0.380 e. The van der Waals surface area contributed by atoms with Crippen LogP contribution in [-0.4, -0.2) is 45.0 Å². The molecule has 0 unspecified atom stereocenters. The van der Waals surface area contributed by atoms with Gasteiger partial charge in [-0.15, -0.1) is 0 Å².